The monoisotopic (exact) mass is 519 g/mol. The summed E-state index contributed by atoms with van der Waals surface area (Å²) < 4.78 is 94.9. The molecular formula is C23H22F5NO5S. The second-order valence-electron chi connectivity index (χ2n) is 8.29. The Morgan fingerprint density at radius 3 is 2.20 bits per heavy atom. The first kappa shape index (κ1) is 26.6. The van der Waals surface area contributed by atoms with E-state index in [0.29, 0.717) is 6.07 Å². The molecule has 0 radical (unpaired) electrons. The van der Waals surface area contributed by atoms with Crippen LogP contribution < -0.4 is 4.74 Å². The minimum Gasteiger partial charge on any atom is -0.480 e. The number of alkyl halides is 3. The fourth-order valence-corrected chi connectivity index (χ4v) is 4.34. The van der Waals surface area contributed by atoms with Crippen molar-refractivity contribution in [3.63, 3.8) is 0 Å². The van der Waals surface area contributed by atoms with Gasteiger partial charge < -0.3 is 9.64 Å². The molecule has 2 aromatic carbocycles. The second-order valence-corrected chi connectivity index (χ2v) is 10.3. The molecule has 0 aliphatic carbocycles. The maximum atomic E-state index is 14.0. The summed E-state index contributed by atoms with van der Waals surface area (Å²) in [4.78, 5) is 26.8. The average molecular weight is 519 g/mol. The Hall–Kier alpha value is -3.02. The lowest BCUT2D eigenvalue weighted by molar-refractivity contribution is -0.189. The van der Waals surface area contributed by atoms with Crippen LogP contribution in [-0.4, -0.2) is 56.6 Å². The smallest absolute Gasteiger partial charge is 0.425 e. The van der Waals surface area contributed by atoms with E-state index >= 15 is 0 Å². The minimum atomic E-state index is -4.72. The third-order valence-corrected chi connectivity index (χ3v) is 6.83. The molecule has 0 bridgehead atoms. The van der Waals surface area contributed by atoms with Crippen LogP contribution in [0.3, 0.4) is 0 Å². The predicted molar refractivity (Wildman–Crippen MR) is 115 cm³/mol. The molecule has 0 saturated carbocycles. The maximum absolute atomic E-state index is 14.0. The molecule has 6 nitrogen and oxygen atoms in total. The molecule has 35 heavy (non-hydrogen) atoms. The van der Waals surface area contributed by atoms with Gasteiger partial charge in [0.1, 0.15) is 17.4 Å². The lowest BCUT2D eigenvalue weighted by Gasteiger charge is -2.32. The van der Waals surface area contributed by atoms with Crippen molar-refractivity contribution in [3.05, 3.63) is 59.2 Å². The van der Waals surface area contributed by atoms with Crippen LogP contribution in [0.25, 0.3) is 0 Å². The Labute approximate surface area is 198 Å². The number of rotatable bonds is 6. The summed E-state index contributed by atoms with van der Waals surface area (Å²) in [5.41, 5.74) is -0.632. The summed E-state index contributed by atoms with van der Waals surface area (Å²) in [5.74, 6) is -4.21. The van der Waals surface area contributed by atoms with Crippen molar-refractivity contribution in [2.24, 2.45) is 5.92 Å². The molecule has 1 atom stereocenters. The summed E-state index contributed by atoms with van der Waals surface area (Å²) in [6.07, 6.45) is -5.83. The zero-order valence-electron chi connectivity index (χ0n) is 18.7. The Morgan fingerprint density at radius 2 is 1.66 bits per heavy atom. The van der Waals surface area contributed by atoms with Crippen molar-refractivity contribution in [2.45, 2.75) is 36.9 Å². The highest BCUT2D eigenvalue weighted by molar-refractivity contribution is 7.90. The number of Topliss-reactive ketones (excluding diaryl/α,β-unsaturated/α-hetero) is 1. The van der Waals surface area contributed by atoms with Gasteiger partial charge >= 0.3 is 6.18 Å². The molecule has 0 aromatic heterocycles. The van der Waals surface area contributed by atoms with Gasteiger partial charge in [-0.05, 0) is 50.1 Å². The van der Waals surface area contributed by atoms with Crippen molar-refractivity contribution in [1.82, 2.24) is 4.90 Å². The molecule has 1 aliphatic rings. The van der Waals surface area contributed by atoms with E-state index in [2.05, 4.69) is 0 Å². The number of hydrogen-bond donors (Lipinski definition) is 0. The summed E-state index contributed by atoms with van der Waals surface area (Å²) in [6, 6.07) is 5.62. The number of likely N-dealkylation sites (tertiary alicyclic amines) is 1. The maximum Gasteiger partial charge on any atom is 0.425 e. The Balaban J connectivity index is 1.81. The van der Waals surface area contributed by atoms with Gasteiger partial charge in [-0.25, -0.2) is 17.2 Å². The SMILES string of the molecule is C[C@H](Oc1ccc(S(C)(=O)=O)cc1C(=O)N1CCC(C(=O)c2ccc(F)cc2F)CC1)C(F)(F)F. The molecule has 1 fully saturated rings. The van der Waals surface area contributed by atoms with E-state index in [9.17, 15) is 40.0 Å². The number of halogens is 5. The first-order chi connectivity index (χ1) is 16.2. The van der Waals surface area contributed by atoms with Crippen LogP contribution in [-0.2, 0) is 9.84 Å². The Bertz CT molecular complexity index is 1240. The van der Waals surface area contributed by atoms with Gasteiger partial charge in [-0.3, -0.25) is 9.59 Å². The minimum absolute atomic E-state index is 0.00935. The number of carbonyl (C=O) groups excluding carboxylic acids is 2. The standard InChI is InChI=1S/C23H22F5NO5S/c1-13(23(26,27)28)34-20-6-4-16(35(2,32)33)12-18(20)22(31)29-9-7-14(8-10-29)21(30)17-5-3-15(24)11-19(17)25/h3-6,11-14H,7-10H2,1-2H3/t13-/m0/s1. The number of carbonyl (C=O) groups is 2. The largest absolute Gasteiger partial charge is 0.480 e. The first-order valence-corrected chi connectivity index (χ1v) is 12.4. The number of sulfone groups is 1. The average Bonchev–Trinajstić information content (AvgIpc) is 2.77. The molecule has 12 heteroatoms. The highest BCUT2D eigenvalue weighted by Gasteiger charge is 2.39. The molecule has 190 valence electrons. The third-order valence-electron chi connectivity index (χ3n) is 5.72. The molecule has 3 rings (SSSR count). The van der Waals surface area contributed by atoms with E-state index in [1.54, 1.807) is 0 Å². The zero-order valence-corrected chi connectivity index (χ0v) is 19.6. The van der Waals surface area contributed by atoms with Gasteiger partial charge in [-0.2, -0.15) is 13.2 Å². The van der Waals surface area contributed by atoms with Crippen LogP contribution in [0.5, 0.6) is 5.75 Å². The lowest BCUT2D eigenvalue weighted by Crippen LogP contribution is -2.41. The molecule has 0 unspecified atom stereocenters. The summed E-state index contributed by atoms with van der Waals surface area (Å²) in [5, 5.41) is 0. The quantitative estimate of drug-likeness (QED) is 0.417. The van der Waals surface area contributed by atoms with Gasteiger partial charge in [-0.1, -0.05) is 0 Å². The molecule has 0 spiro atoms. The predicted octanol–water partition coefficient (Wildman–Crippen LogP) is 4.43. The van der Waals surface area contributed by atoms with E-state index in [-0.39, 0.29) is 42.0 Å². The van der Waals surface area contributed by atoms with Crippen LogP contribution in [0, 0.1) is 17.6 Å². The van der Waals surface area contributed by atoms with Gasteiger partial charge in [0.25, 0.3) is 5.91 Å². The van der Waals surface area contributed by atoms with E-state index in [1.165, 1.54) is 4.90 Å². The van der Waals surface area contributed by atoms with Gasteiger partial charge in [0, 0.05) is 31.3 Å². The van der Waals surface area contributed by atoms with Crippen molar-refractivity contribution >= 4 is 21.5 Å². The van der Waals surface area contributed by atoms with E-state index in [1.807, 2.05) is 0 Å². The van der Waals surface area contributed by atoms with Crippen LogP contribution >= 0.6 is 0 Å². The van der Waals surface area contributed by atoms with Crippen LogP contribution in [0.1, 0.15) is 40.5 Å². The summed E-state index contributed by atoms with van der Waals surface area (Å²) in [7, 11) is -3.78. The molecule has 2 aromatic rings. The third kappa shape index (κ3) is 6.16. The molecule has 0 N–H and O–H groups in total. The van der Waals surface area contributed by atoms with Crippen molar-refractivity contribution in [3.8, 4) is 5.75 Å². The number of ketones is 1. The highest BCUT2D eigenvalue weighted by atomic mass is 32.2. The fraction of sp³-hybridized carbons (Fsp3) is 0.391. The number of benzene rings is 2. The van der Waals surface area contributed by atoms with Crippen LogP contribution in [0.2, 0.25) is 0 Å². The van der Waals surface area contributed by atoms with Gasteiger partial charge in [0.05, 0.1) is 16.0 Å². The lowest BCUT2D eigenvalue weighted by atomic mass is 9.88. The number of nitrogens with zero attached hydrogens (tertiary/aromatic N) is 1. The fourth-order valence-electron chi connectivity index (χ4n) is 3.69. The first-order valence-electron chi connectivity index (χ1n) is 10.5. The Morgan fingerprint density at radius 1 is 1.03 bits per heavy atom. The second kappa shape index (κ2) is 9.92. The zero-order chi connectivity index (χ0) is 26.1. The number of hydrogen-bond acceptors (Lipinski definition) is 5. The van der Waals surface area contributed by atoms with Crippen molar-refractivity contribution < 1.29 is 44.7 Å². The van der Waals surface area contributed by atoms with Crippen molar-refractivity contribution in [2.75, 3.05) is 19.3 Å². The van der Waals surface area contributed by atoms with E-state index in [0.717, 1.165) is 43.5 Å². The van der Waals surface area contributed by atoms with Crippen molar-refractivity contribution in [1.29, 1.82) is 0 Å². The van der Waals surface area contributed by atoms with Crippen LogP contribution in [0.4, 0.5) is 22.0 Å². The van der Waals surface area contributed by atoms with E-state index in [4.69, 9.17) is 4.74 Å². The van der Waals surface area contributed by atoms with Crippen LogP contribution in [0.15, 0.2) is 41.3 Å². The molecule has 1 amide bonds. The summed E-state index contributed by atoms with van der Waals surface area (Å²) in [6.45, 7) is 0.773. The Kier molecular flexibility index (Phi) is 7.53. The number of amides is 1. The number of ether oxygens (including phenoxy) is 1. The molecule has 1 saturated heterocycles. The van der Waals surface area contributed by atoms with Gasteiger partial charge in [0.2, 0.25) is 0 Å². The normalized spacial score (nSPS) is 16.1. The van der Waals surface area contributed by atoms with Gasteiger partial charge in [-0.15, -0.1) is 0 Å². The number of piperidine rings is 1. The molecular weight excluding hydrogens is 497 g/mol. The van der Waals surface area contributed by atoms with E-state index < -0.39 is 57.1 Å². The molecule has 1 aliphatic heterocycles. The topological polar surface area (TPSA) is 80.8 Å². The summed E-state index contributed by atoms with van der Waals surface area (Å²) >= 11 is 0. The highest BCUT2D eigenvalue weighted by Crippen LogP contribution is 2.31. The molecule has 1 heterocycles. The van der Waals surface area contributed by atoms with Gasteiger partial charge in [0.15, 0.2) is 21.7 Å².